The number of nitrogens with one attached hydrogen (secondary N) is 1. The van der Waals surface area contributed by atoms with E-state index in [1.165, 1.54) is 6.92 Å². The van der Waals surface area contributed by atoms with Crippen molar-refractivity contribution in [3.05, 3.63) is 83.2 Å². The first kappa shape index (κ1) is 25.9. The van der Waals surface area contributed by atoms with E-state index in [2.05, 4.69) is 5.32 Å². The number of carbonyl (C=O) groups excluding carboxylic acids is 3. The number of nitrogen functional groups attached to an aromatic ring is 1. The van der Waals surface area contributed by atoms with Crippen molar-refractivity contribution < 1.29 is 31.9 Å². The Hall–Kier alpha value is -4.21. The van der Waals surface area contributed by atoms with E-state index in [0.29, 0.717) is 34.5 Å². The summed E-state index contributed by atoms with van der Waals surface area (Å²) in [6, 6.07) is 12.7. The Morgan fingerprint density at radius 1 is 1.08 bits per heavy atom. The maximum Gasteiger partial charge on any atom is 0.416 e. The van der Waals surface area contributed by atoms with Crippen LogP contribution in [0.25, 0.3) is 11.1 Å². The van der Waals surface area contributed by atoms with Crippen LogP contribution in [0.5, 0.6) is 0 Å². The molecular weight excluding hydrogens is 490 g/mol. The normalized spacial score (nSPS) is 15.9. The Bertz CT molecular complexity index is 1400. The Kier molecular flexibility index (Phi) is 6.77. The van der Waals surface area contributed by atoms with Gasteiger partial charge < -0.3 is 11.1 Å². The molecule has 0 aromatic heterocycles. The Labute approximate surface area is 210 Å². The average molecular weight is 513 g/mol. The molecule has 0 fully saturated rings. The summed E-state index contributed by atoms with van der Waals surface area (Å²) in [6.45, 7) is 3.03. The fourth-order valence-electron chi connectivity index (χ4n) is 4.40. The van der Waals surface area contributed by atoms with Crippen molar-refractivity contribution in [2.45, 2.75) is 38.4 Å². The van der Waals surface area contributed by atoms with Gasteiger partial charge >= 0.3 is 6.18 Å². The summed E-state index contributed by atoms with van der Waals surface area (Å²) >= 11 is 0. The van der Waals surface area contributed by atoms with Gasteiger partial charge in [0.15, 0.2) is 0 Å². The number of hydrogen-bond donors (Lipinski definition) is 2. The number of imide groups is 1. The summed E-state index contributed by atoms with van der Waals surface area (Å²) in [6.07, 6.45) is -5.32. The number of alkyl halides is 3. The molecular formula is C27H23F4N3O3. The van der Waals surface area contributed by atoms with Crippen molar-refractivity contribution >= 4 is 29.1 Å². The van der Waals surface area contributed by atoms with Crippen molar-refractivity contribution in [3.63, 3.8) is 0 Å². The minimum absolute atomic E-state index is 0.265. The maximum atomic E-state index is 14.2. The molecule has 192 valence electrons. The average Bonchev–Trinajstić information content (AvgIpc) is 2.93. The van der Waals surface area contributed by atoms with Crippen LogP contribution in [0.3, 0.4) is 0 Å². The molecule has 1 unspecified atom stereocenters. The van der Waals surface area contributed by atoms with Gasteiger partial charge in [-0.25, -0.2) is 9.29 Å². The second-order valence-corrected chi connectivity index (χ2v) is 8.83. The SMILES string of the molecule is CC1C(=O)N(C(=O)[C@H](C)NC(=O)Cc2ccc(C(F)(F)F)cc2F)c2cccc(N)c2-c2ccccc21. The van der Waals surface area contributed by atoms with Gasteiger partial charge in [0, 0.05) is 11.3 Å². The van der Waals surface area contributed by atoms with Gasteiger partial charge in [0.25, 0.3) is 5.91 Å². The predicted octanol–water partition coefficient (Wildman–Crippen LogP) is 4.82. The lowest BCUT2D eigenvalue weighted by atomic mass is 9.92. The van der Waals surface area contributed by atoms with Crippen molar-refractivity contribution in [2.75, 3.05) is 10.6 Å². The first-order valence-electron chi connectivity index (χ1n) is 11.4. The molecule has 0 saturated heterocycles. The molecule has 1 heterocycles. The third-order valence-electron chi connectivity index (χ3n) is 6.30. The van der Waals surface area contributed by atoms with E-state index in [-0.39, 0.29) is 11.3 Å². The number of amides is 3. The zero-order chi connectivity index (χ0) is 27.1. The smallest absolute Gasteiger partial charge is 0.398 e. The van der Waals surface area contributed by atoms with Crippen LogP contribution in [0, 0.1) is 5.82 Å². The van der Waals surface area contributed by atoms with Gasteiger partial charge in [0.2, 0.25) is 11.8 Å². The lowest BCUT2D eigenvalue weighted by Gasteiger charge is -2.26. The van der Waals surface area contributed by atoms with Crippen LogP contribution in [0.1, 0.15) is 36.5 Å². The summed E-state index contributed by atoms with van der Waals surface area (Å²) in [5.41, 5.74) is 7.34. The molecule has 6 nitrogen and oxygen atoms in total. The molecule has 3 N–H and O–H groups in total. The molecule has 0 aliphatic carbocycles. The molecule has 10 heteroatoms. The number of rotatable bonds is 4. The zero-order valence-electron chi connectivity index (χ0n) is 19.9. The Morgan fingerprint density at radius 2 is 1.78 bits per heavy atom. The summed E-state index contributed by atoms with van der Waals surface area (Å²) in [5, 5.41) is 2.42. The number of anilines is 2. The van der Waals surface area contributed by atoms with Crippen molar-refractivity contribution in [1.82, 2.24) is 5.32 Å². The van der Waals surface area contributed by atoms with Crippen LogP contribution >= 0.6 is 0 Å². The Morgan fingerprint density at radius 3 is 2.46 bits per heavy atom. The summed E-state index contributed by atoms with van der Waals surface area (Å²) in [7, 11) is 0. The van der Waals surface area contributed by atoms with Crippen LogP contribution in [0.15, 0.2) is 60.7 Å². The maximum absolute atomic E-state index is 14.2. The van der Waals surface area contributed by atoms with E-state index < -0.39 is 53.7 Å². The summed E-state index contributed by atoms with van der Waals surface area (Å²) in [5.74, 6) is -3.95. The fraction of sp³-hybridized carbons (Fsp3) is 0.222. The van der Waals surface area contributed by atoms with Gasteiger partial charge in [-0.15, -0.1) is 0 Å². The summed E-state index contributed by atoms with van der Waals surface area (Å²) in [4.78, 5) is 40.5. The van der Waals surface area contributed by atoms with Crippen LogP contribution in [-0.4, -0.2) is 23.8 Å². The van der Waals surface area contributed by atoms with Crippen LogP contribution in [0.2, 0.25) is 0 Å². The monoisotopic (exact) mass is 513 g/mol. The molecule has 1 aliphatic rings. The molecule has 3 aromatic rings. The quantitative estimate of drug-likeness (QED) is 0.387. The summed E-state index contributed by atoms with van der Waals surface area (Å²) < 4.78 is 52.5. The molecule has 37 heavy (non-hydrogen) atoms. The molecule has 3 amide bonds. The number of hydrogen-bond acceptors (Lipinski definition) is 4. The van der Waals surface area contributed by atoms with Gasteiger partial charge in [0.05, 0.1) is 23.6 Å². The lowest BCUT2D eigenvalue weighted by Crippen LogP contribution is -2.50. The number of halogens is 4. The van der Waals surface area contributed by atoms with E-state index >= 15 is 0 Å². The van der Waals surface area contributed by atoms with E-state index in [0.717, 1.165) is 11.0 Å². The molecule has 0 radical (unpaired) electrons. The molecule has 0 spiro atoms. The number of benzene rings is 3. The highest BCUT2D eigenvalue weighted by atomic mass is 19.4. The molecule has 1 aliphatic heterocycles. The van der Waals surface area contributed by atoms with Gasteiger partial charge in [0.1, 0.15) is 11.9 Å². The van der Waals surface area contributed by atoms with E-state index in [9.17, 15) is 31.9 Å². The highest BCUT2D eigenvalue weighted by molar-refractivity contribution is 6.22. The zero-order valence-corrected chi connectivity index (χ0v) is 19.9. The lowest BCUT2D eigenvalue weighted by molar-refractivity contribution is -0.137. The van der Waals surface area contributed by atoms with Crippen molar-refractivity contribution in [3.8, 4) is 11.1 Å². The minimum Gasteiger partial charge on any atom is -0.398 e. The number of carbonyl (C=O) groups is 3. The molecule has 4 rings (SSSR count). The number of fused-ring (bicyclic) bond motifs is 3. The van der Waals surface area contributed by atoms with Crippen LogP contribution in [0.4, 0.5) is 28.9 Å². The second kappa shape index (κ2) is 9.68. The van der Waals surface area contributed by atoms with E-state index in [1.807, 2.05) is 6.07 Å². The highest BCUT2D eigenvalue weighted by Crippen LogP contribution is 2.44. The molecule has 3 aromatic carbocycles. The highest BCUT2D eigenvalue weighted by Gasteiger charge is 2.38. The molecule has 0 saturated carbocycles. The third-order valence-corrected chi connectivity index (χ3v) is 6.30. The third kappa shape index (κ3) is 4.91. The Balaban J connectivity index is 1.59. The van der Waals surface area contributed by atoms with Gasteiger partial charge in [-0.1, -0.05) is 36.4 Å². The van der Waals surface area contributed by atoms with Crippen molar-refractivity contribution in [1.29, 1.82) is 0 Å². The minimum atomic E-state index is -4.72. The fourth-order valence-corrected chi connectivity index (χ4v) is 4.40. The van der Waals surface area contributed by atoms with Gasteiger partial charge in [-0.2, -0.15) is 13.2 Å². The number of nitrogens with two attached hydrogens (primary N) is 1. The standard InChI is InChI=1S/C27H23F4N3O3/c1-14-18-6-3-4-7-19(18)24-21(32)8-5-9-22(24)34(25(14)36)26(37)15(2)33-23(35)12-16-10-11-17(13-20(16)28)27(29,30)31/h3-11,13-15H,12,32H2,1-2H3,(H,33,35)/t14?,15-/m0/s1. The van der Waals surface area contributed by atoms with Crippen LogP contribution < -0.4 is 16.0 Å². The number of nitrogens with zero attached hydrogens (tertiary/aromatic N) is 1. The van der Waals surface area contributed by atoms with Gasteiger partial charge in [-0.05, 0) is 54.8 Å². The first-order chi connectivity index (χ1) is 17.4. The van der Waals surface area contributed by atoms with Gasteiger partial charge in [-0.3, -0.25) is 14.4 Å². The first-order valence-corrected chi connectivity index (χ1v) is 11.4. The molecule has 0 bridgehead atoms. The predicted molar refractivity (Wildman–Crippen MR) is 130 cm³/mol. The van der Waals surface area contributed by atoms with E-state index in [1.54, 1.807) is 43.3 Å². The van der Waals surface area contributed by atoms with Crippen molar-refractivity contribution in [2.24, 2.45) is 0 Å². The topological polar surface area (TPSA) is 92.5 Å². The molecule has 2 atom stereocenters. The van der Waals surface area contributed by atoms with Crippen LogP contribution in [-0.2, 0) is 27.0 Å². The van der Waals surface area contributed by atoms with E-state index in [4.69, 9.17) is 5.73 Å². The largest absolute Gasteiger partial charge is 0.416 e. The second-order valence-electron chi connectivity index (χ2n) is 8.83.